The van der Waals surface area contributed by atoms with Gasteiger partial charge in [0.2, 0.25) is 5.91 Å². The minimum absolute atomic E-state index is 0. The maximum atomic E-state index is 11.7. The van der Waals surface area contributed by atoms with Gasteiger partial charge in [0, 0.05) is 32.2 Å². The maximum Gasteiger partial charge on any atom is 0.224 e. The number of guanidine groups is 1. The Morgan fingerprint density at radius 2 is 1.73 bits per heavy atom. The second-order valence-electron chi connectivity index (χ2n) is 7.37. The summed E-state index contributed by atoms with van der Waals surface area (Å²) in [7, 11) is 3.42. The summed E-state index contributed by atoms with van der Waals surface area (Å²) in [6, 6.07) is 13.9. The van der Waals surface area contributed by atoms with Crippen molar-refractivity contribution in [2.24, 2.45) is 4.99 Å². The fourth-order valence-corrected chi connectivity index (χ4v) is 3.21. The molecule has 0 radical (unpaired) electrons. The fraction of sp³-hybridized carbons (Fsp3) is 0.440. The van der Waals surface area contributed by atoms with Crippen LogP contribution < -0.4 is 25.4 Å². The molecule has 182 valence electrons. The first-order chi connectivity index (χ1) is 15.6. The number of halogens is 1. The molecule has 0 aliphatic rings. The van der Waals surface area contributed by atoms with Crippen molar-refractivity contribution in [2.75, 3.05) is 32.6 Å². The quantitative estimate of drug-likeness (QED) is 0.149. The predicted molar refractivity (Wildman–Crippen MR) is 146 cm³/mol. The van der Waals surface area contributed by atoms with Crippen molar-refractivity contribution in [2.45, 2.75) is 46.1 Å². The molecular formula is C25H37IN4O3. The predicted octanol–water partition coefficient (Wildman–Crippen LogP) is 4.75. The van der Waals surface area contributed by atoms with Crippen LogP contribution in [0.2, 0.25) is 0 Å². The number of hydrogen-bond acceptors (Lipinski definition) is 4. The smallest absolute Gasteiger partial charge is 0.224 e. The number of benzene rings is 2. The first-order valence-electron chi connectivity index (χ1n) is 11.2. The third-order valence-corrected chi connectivity index (χ3v) is 4.86. The van der Waals surface area contributed by atoms with Gasteiger partial charge < -0.3 is 25.4 Å². The van der Waals surface area contributed by atoms with Gasteiger partial charge in [-0.3, -0.25) is 9.79 Å². The Morgan fingerprint density at radius 1 is 1.00 bits per heavy atom. The topological polar surface area (TPSA) is 84.0 Å². The van der Waals surface area contributed by atoms with Crippen LogP contribution in [0.3, 0.4) is 0 Å². The van der Waals surface area contributed by atoms with E-state index in [1.807, 2.05) is 50.2 Å². The number of methoxy groups -OCH3 is 1. The first kappa shape index (κ1) is 28.5. The van der Waals surface area contributed by atoms with Crippen LogP contribution in [0.4, 0.5) is 5.69 Å². The summed E-state index contributed by atoms with van der Waals surface area (Å²) in [5.74, 6) is 2.35. The standard InChI is InChI=1S/C25H36N4O3.HI/c1-5-8-24(30)29-21-13-10-20(11-14-21)18-28-25(26-3)27-16-7-9-19-12-15-22(31-4)23(17-19)32-6-2;/h10-15,17H,5-9,16,18H2,1-4H3,(H,29,30)(H2,26,27,28);1H. The number of hydrogen-bond donors (Lipinski definition) is 3. The molecule has 3 N–H and O–H groups in total. The molecule has 8 heteroatoms. The lowest BCUT2D eigenvalue weighted by Crippen LogP contribution is -2.37. The van der Waals surface area contributed by atoms with E-state index < -0.39 is 0 Å². The fourth-order valence-electron chi connectivity index (χ4n) is 3.21. The first-order valence-corrected chi connectivity index (χ1v) is 11.2. The molecule has 1 amide bonds. The van der Waals surface area contributed by atoms with Gasteiger partial charge in [-0.25, -0.2) is 0 Å². The molecule has 2 aromatic rings. The van der Waals surface area contributed by atoms with Gasteiger partial charge in [-0.15, -0.1) is 24.0 Å². The van der Waals surface area contributed by atoms with E-state index in [-0.39, 0.29) is 29.9 Å². The Morgan fingerprint density at radius 3 is 2.36 bits per heavy atom. The molecule has 0 unspecified atom stereocenters. The van der Waals surface area contributed by atoms with Crippen LogP contribution >= 0.6 is 24.0 Å². The van der Waals surface area contributed by atoms with Gasteiger partial charge in [0.05, 0.1) is 13.7 Å². The number of rotatable bonds is 12. The van der Waals surface area contributed by atoms with E-state index in [1.165, 1.54) is 5.56 Å². The van der Waals surface area contributed by atoms with Crippen molar-refractivity contribution >= 4 is 41.5 Å². The molecule has 0 fully saturated rings. The van der Waals surface area contributed by atoms with Gasteiger partial charge in [0.25, 0.3) is 0 Å². The van der Waals surface area contributed by atoms with Crippen molar-refractivity contribution in [3.63, 3.8) is 0 Å². The number of nitrogens with zero attached hydrogens (tertiary/aromatic N) is 1. The van der Waals surface area contributed by atoms with Crippen molar-refractivity contribution < 1.29 is 14.3 Å². The summed E-state index contributed by atoms with van der Waals surface area (Å²) in [4.78, 5) is 16.0. The van der Waals surface area contributed by atoms with E-state index >= 15 is 0 Å². The molecule has 0 aliphatic heterocycles. The zero-order valence-electron chi connectivity index (χ0n) is 20.1. The lowest BCUT2D eigenvalue weighted by molar-refractivity contribution is -0.116. The minimum atomic E-state index is 0. The number of aryl methyl sites for hydroxylation is 1. The molecule has 0 atom stereocenters. The number of ether oxygens (including phenoxy) is 2. The van der Waals surface area contributed by atoms with Gasteiger partial charge >= 0.3 is 0 Å². The maximum absolute atomic E-state index is 11.7. The number of amides is 1. The van der Waals surface area contributed by atoms with Crippen LogP contribution in [0.5, 0.6) is 11.5 Å². The molecule has 7 nitrogen and oxygen atoms in total. The summed E-state index contributed by atoms with van der Waals surface area (Å²) in [6.07, 6.45) is 3.27. The zero-order chi connectivity index (χ0) is 23.2. The van der Waals surface area contributed by atoms with Crippen LogP contribution in [-0.2, 0) is 17.8 Å². The molecule has 0 aromatic heterocycles. The third kappa shape index (κ3) is 10.3. The van der Waals surface area contributed by atoms with Crippen LogP contribution in [0, 0.1) is 0 Å². The highest BCUT2D eigenvalue weighted by Gasteiger charge is 2.06. The number of anilines is 1. The highest BCUT2D eigenvalue weighted by Crippen LogP contribution is 2.28. The minimum Gasteiger partial charge on any atom is -0.493 e. The highest BCUT2D eigenvalue weighted by molar-refractivity contribution is 14.0. The summed E-state index contributed by atoms with van der Waals surface area (Å²) in [6.45, 7) is 6.03. The van der Waals surface area contributed by atoms with E-state index in [0.29, 0.717) is 19.6 Å². The van der Waals surface area contributed by atoms with Crippen LogP contribution in [-0.4, -0.2) is 39.2 Å². The van der Waals surface area contributed by atoms with Crippen LogP contribution in [0.1, 0.15) is 44.2 Å². The summed E-state index contributed by atoms with van der Waals surface area (Å²) in [5.41, 5.74) is 3.15. The second-order valence-corrected chi connectivity index (χ2v) is 7.37. The van der Waals surface area contributed by atoms with E-state index in [2.05, 4.69) is 27.0 Å². The molecular weight excluding hydrogens is 531 g/mol. The van der Waals surface area contributed by atoms with E-state index in [4.69, 9.17) is 9.47 Å². The monoisotopic (exact) mass is 568 g/mol. The molecule has 0 spiro atoms. The Balaban J connectivity index is 0.00000544. The lowest BCUT2D eigenvalue weighted by Gasteiger charge is -2.13. The van der Waals surface area contributed by atoms with Gasteiger partial charge in [-0.1, -0.05) is 25.1 Å². The number of carbonyl (C=O) groups excluding carboxylic acids is 1. The summed E-state index contributed by atoms with van der Waals surface area (Å²) < 4.78 is 11.0. The van der Waals surface area contributed by atoms with Gasteiger partial charge in [-0.2, -0.15) is 0 Å². The summed E-state index contributed by atoms with van der Waals surface area (Å²) >= 11 is 0. The molecule has 33 heavy (non-hydrogen) atoms. The Labute approximate surface area is 214 Å². The molecule has 0 heterocycles. The van der Waals surface area contributed by atoms with E-state index in [0.717, 1.165) is 54.5 Å². The molecule has 2 rings (SSSR count). The Hall–Kier alpha value is -2.49. The van der Waals surface area contributed by atoms with Crippen molar-refractivity contribution in [3.05, 3.63) is 53.6 Å². The number of nitrogens with one attached hydrogen (secondary N) is 3. The molecule has 2 aromatic carbocycles. The number of carbonyl (C=O) groups is 1. The van der Waals surface area contributed by atoms with E-state index in [9.17, 15) is 4.79 Å². The zero-order valence-corrected chi connectivity index (χ0v) is 22.4. The Bertz CT molecular complexity index is 872. The van der Waals surface area contributed by atoms with Crippen molar-refractivity contribution in [1.29, 1.82) is 0 Å². The van der Waals surface area contributed by atoms with E-state index in [1.54, 1.807) is 14.2 Å². The van der Waals surface area contributed by atoms with Gasteiger partial charge in [0.1, 0.15) is 0 Å². The molecule has 0 bridgehead atoms. The van der Waals surface area contributed by atoms with Crippen LogP contribution in [0.15, 0.2) is 47.5 Å². The molecule has 0 aliphatic carbocycles. The molecule has 0 saturated carbocycles. The van der Waals surface area contributed by atoms with Gasteiger partial charge in [-0.05, 0) is 61.6 Å². The summed E-state index contributed by atoms with van der Waals surface area (Å²) in [5, 5.41) is 9.57. The highest BCUT2D eigenvalue weighted by atomic mass is 127. The average Bonchev–Trinajstić information content (AvgIpc) is 2.80. The van der Waals surface area contributed by atoms with Gasteiger partial charge in [0.15, 0.2) is 17.5 Å². The third-order valence-electron chi connectivity index (χ3n) is 4.86. The van der Waals surface area contributed by atoms with Crippen LogP contribution in [0.25, 0.3) is 0 Å². The SMILES string of the molecule is CCCC(=O)Nc1ccc(CNC(=NC)NCCCc2ccc(OC)c(OCC)c2)cc1.I. The van der Waals surface area contributed by atoms with Crippen molar-refractivity contribution in [1.82, 2.24) is 10.6 Å². The average molecular weight is 569 g/mol. The second kappa shape index (κ2) is 16.2. The Kier molecular flexibility index (Phi) is 14.0. The number of aliphatic imine (C=N–C) groups is 1. The lowest BCUT2D eigenvalue weighted by atomic mass is 10.1. The molecule has 0 saturated heterocycles. The largest absolute Gasteiger partial charge is 0.493 e. The van der Waals surface area contributed by atoms with Crippen molar-refractivity contribution in [3.8, 4) is 11.5 Å². The normalized spacial score (nSPS) is 10.7.